The van der Waals surface area contributed by atoms with Crippen LogP contribution in [0.4, 0.5) is 0 Å². The standard InChI is InChI=1S/C13H18N2O2.ClH/c1-17-12-4-2-10(3-5-12)11-6-7-15(9-11)13(16)8-14;/h2-5,11H,6-9,14H2,1H3;1H. The third kappa shape index (κ3) is 3.15. The Morgan fingerprint density at radius 1 is 1.44 bits per heavy atom. The molecular formula is C13H19ClN2O2. The zero-order chi connectivity index (χ0) is 12.3. The van der Waals surface area contributed by atoms with Gasteiger partial charge in [-0.3, -0.25) is 4.79 Å². The maximum Gasteiger partial charge on any atom is 0.236 e. The van der Waals surface area contributed by atoms with Gasteiger partial charge in [0.1, 0.15) is 5.75 Å². The maximum atomic E-state index is 11.5. The highest BCUT2D eigenvalue weighted by Crippen LogP contribution is 2.28. The number of benzene rings is 1. The highest BCUT2D eigenvalue weighted by molar-refractivity contribution is 5.85. The molecule has 1 amide bonds. The fraction of sp³-hybridized carbons (Fsp3) is 0.462. The van der Waals surface area contributed by atoms with E-state index in [1.807, 2.05) is 17.0 Å². The van der Waals surface area contributed by atoms with Gasteiger partial charge in [-0.15, -0.1) is 12.4 Å². The van der Waals surface area contributed by atoms with Crippen LogP contribution >= 0.6 is 12.4 Å². The predicted octanol–water partition coefficient (Wildman–Crippen LogP) is 1.39. The van der Waals surface area contributed by atoms with Crippen molar-refractivity contribution in [3.05, 3.63) is 29.8 Å². The lowest BCUT2D eigenvalue weighted by atomic mass is 9.98. The number of carbonyl (C=O) groups is 1. The van der Waals surface area contributed by atoms with Crippen LogP contribution in [0.25, 0.3) is 0 Å². The van der Waals surface area contributed by atoms with Crippen molar-refractivity contribution < 1.29 is 9.53 Å². The number of halogens is 1. The summed E-state index contributed by atoms with van der Waals surface area (Å²) in [5, 5.41) is 0. The Balaban J connectivity index is 0.00000162. The van der Waals surface area contributed by atoms with Gasteiger partial charge in [0, 0.05) is 19.0 Å². The first-order chi connectivity index (χ1) is 8.24. The molecule has 5 heteroatoms. The molecule has 0 aromatic heterocycles. The molecule has 1 fully saturated rings. The van der Waals surface area contributed by atoms with E-state index in [2.05, 4.69) is 12.1 Å². The molecule has 1 unspecified atom stereocenters. The lowest BCUT2D eigenvalue weighted by Gasteiger charge is -2.15. The van der Waals surface area contributed by atoms with Crippen molar-refractivity contribution in [1.29, 1.82) is 0 Å². The number of hydrogen-bond acceptors (Lipinski definition) is 3. The van der Waals surface area contributed by atoms with Crippen molar-refractivity contribution in [3.63, 3.8) is 0 Å². The van der Waals surface area contributed by atoms with Gasteiger partial charge in [-0.1, -0.05) is 12.1 Å². The van der Waals surface area contributed by atoms with Gasteiger partial charge in [-0.05, 0) is 24.1 Å². The van der Waals surface area contributed by atoms with E-state index in [1.54, 1.807) is 7.11 Å². The molecular weight excluding hydrogens is 252 g/mol. The summed E-state index contributed by atoms with van der Waals surface area (Å²) in [6.07, 6.45) is 1.01. The van der Waals surface area contributed by atoms with Crippen LogP contribution in [-0.2, 0) is 4.79 Å². The predicted molar refractivity (Wildman–Crippen MR) is 73.2 cm³/mol. The van der Waals surface area contributed by atoms with E-state index in [9.17, 15) is 4.79 Å². The summed E-state index contributed by atoms with van der Waals surface area (Å²) < 4.78 is 5.13. The summed E-state index contributed by atoms with van der Waals surface area (Å²) in [4.78, 5) is 13.3. The molecule has 18 heavy (non-hydrogen) atoms. The zero-order valence-electron chi connectivity index (χ0n) is 10.5. The number of methoxy groups -OCH3 is 1. The Kier molecular flexibility index (Phi) is 5.44. The van der Waals surface area contributed by atoms with Gasteiger partial charge in [0.2, 0.25) is 5.91 Å². The molecule has 0 aliphatic carbocycles. The van der Waals surface area contributed by atoms with Crippen molar-refractivity contribution in [3.8, 4) is 5.75 Å². The Morgan fingerprint density at radius 3 is 2.67 bits per heavy atom. The van der Waals surface area contributed by atoms with Crippen molar-refractivity contribution in [2.75, 3.05) is 26.7 Å². The minimum absolute atomic E-state index is 0. The van der Waals surface area contributed by atoms with E-state index < -0.39 is 0 Å². The zero-order valence-corrected chi connectivity index (χ0v) is 11.3. The Bertz CT molecular complexity index is 394. The van der Waals surface area contributed by atoms with Gasteiger partial charge >= 0.3 is 0 Å². The van der Waals surface area contributed by atoms with Crippen molar-refractivity contribution in [2.24, 2.45) is 5.73 Å². The van der Waals surface area contributed by atoms with Crippen molar-refractivity contribution >= 4 is 18.3 Å². The third-order valence-corrected chi connectivity index (χ3v) is 3.30. The fourth-order valence-electron chi connectivity index (χ4n) is 2.26. The Hall–Kier alpha value is -1.26. The molecule has 4 nitrogen and oxygen atoms in total. The lowest BCUT2D eigenvalue weighted by molar-refractivity contribution is -0.128. The normalized spacial score (nSPS) is 18.3. The molecule has 2 N–H and O–H groups in total. The lowest BCUT2D eigenvalue weighted by Crippen LogP contribution is -2.33. The molecule has 1 aliphatic rings. The van der Waals surface area contributed by atoms with Crippen LogP contribution in [-0.4, -0.2) is 37.6 Å². The van der Waals surface area contributed by atoms with Crippen molar-refractivity contribution in [2.45, 2.75) is 12.3 Å². The summed E-state index contributed by atoms with van der Waals surface area (Å²) >= 11 is 0. The molecule has 1 aromatic rings. The highest BCUT2D eigenvalue weighted by Gasteiger charge is 2.26. The van der Waals surface area contributed by atoms with Gasteiger partial charge in [-0.25, -0.2) is 0 Å². The molecule has 1 saturated heterocycles. The van der Waals surface area contributed by atoms with E-state index in [4.69, 9.17) is 10.5 Å². The first-order valence-electron chi connectivity index (χ1n) is 5.86. The van der Waals surface area contributed by atoms with Gasteiger partial charge in [0.15, 0.2) is 0 Å². The number of likely N-dealkylation sites (tertiary alicyclic amines) is 1. The largest absolute Gasteiger partial charge is 0.497 e. The molecule has 1 aliphatic heterocycles. The van der Waals surface area contributed by atoms with E-state index in [0.717, 1.165) is 25.3 Å². The number of ether oxygens (including phenoxy) is 1. The van der Waals surface area contributed by atoms with Crippen LogP contribution in [0.1, 0.15) is 17.9 Å². The smallest absolute Gasteiger partial charge is 0.236 e. The number of hydrogen-bond donors (Lipinski definition) is 1. The van der Waals surface area contributed by atoms with Crippen LogP contribution in [0.3, 0.4) is 0 Å². The van der Waals surface area contributed by atoms with Gasteiger partial charge in [0.05, 0.1) is 13.7 Å². The molecule has 1 atom stereocenters. The Morgan fingerprint density at radius 2 is 2.11 bits per heavy atom. The molecule has 1 aromatic carbocycles. The van der Waals surface area contributed by atoms with Crippen LogP contribution in [0.15, 0.2) is 24.3 Å². The third-order valence-electron chi connectivity index (χ3n) is 3.30. The average molecular weight is 271 g/mol. The minimum Gasteiger partial charge on any atom is -0.497 e. The van der Waals surface area contributed by atoms with Crippen LogP contribution in [0, 0.1) is 0 Å². The van der Waals surface area contributed by atoms with Crippen molar-refractivity contribution in [1.82, 2.24) is 4.90 Å². The summed E-state index contributed by atoms with van der Waals surface area (Å²) in [7, 11) is 1.66. The quantitative estimate of drug-likeness (QED) is 0.903. The summed E-state index contributed by atoms with van der Waals surface area (Å²) in [5.74, 6) is 1.33. The number of rotatable bonds is 3. The molecule has 2 rings (SSSR count). The fourth-order valence-corrected chi connectivity index (χ4v) is 2.26. The molecule has 1 heterocycles. The maximum absolute atomic E-state index is 11.5. The second-order valence-electron chi connectivity index (χ2n) is 4.30. The summed E-state index contributed by atoms with van der Waals surface area (Å²) in [5.41, 5.74) is 6.63. The SMILES string of the molecule is COc1ccc(C2CCN(C(=O)CN)C2)cc1.Cl. The van der Waals surface area contributed by atoms with Gasteiger partial charge in [0.25, 0.3) is 0 Å². The highest BCUT2D eigenvalue weighted by atomic mass is 35.5. The number of carbonyl (C=O) groups excluding carboxylic acids is 1. The second kappa shape index (κ2) is 6.61. The summed E-state index contributed by atoms with van der Waals surface area (Å²) in [6, 6.07) is 8.06. The molecule has 0 spiro atoms. The monoisotopic (exact) mass is 270 g/mol. The number of nitrogens with zero attached hydrogens (tertiary/aromatic N) is 1. The topological polar surface area (TPSA) is 55.6 Å². The molecule has 0 saturated carbocycles. The molecule has 0 radical (unpaired) electrons. The molecule has 100 valence electrons. The van der Waals surface area contributed by atoms with E-state index in [1.165, 1.54) is 5.56 Å². The van der Waals surface area contributed by atoms with Gasteiger partial charge in [-0.2, -0.15) is 0 Å². The first-order valence-corrected chi connectivity index (χ1v) is 5.86. The second-order valence-corrected chi connectivity index (χ2v) is 4.30. The van der Waals surface area contributed by atoms with Crippen LogP contribution in [0.5, 0.6) is 5.75 Å². The van der Waals surface area contributed by atoms with Crippen LogP contribution in [0.2, 0.25) is 0 Å². The average Bonchev–Trinajstić information content (AvgIpc) is 2.87. The van der Waals surface area contributed by atoms with E-state index in [0.29, 0.717) is 5.92 Å². The number of amides is 1. The van der Waals surface area contributed by atoms with Gasteiger partial charge < -0.3 is 15.4 Å². The Labute approximate surface area is 114 Å². The number of nitrogens with two attached hydrogens (primary N) is 1. The van der Waals surface area contributed by atoms with E-state index in [-0.39, 0.29) is 24.9 Å². The summed E-state index contributed by atoms with van der Waals surface area (Å²) in [6.45, 7) is 1.70. The first kappa shape index (κ1) is 14.8. The minimum atomic E-state index is 0. The van der Waals surface area contributed by atoms with E-state index >= 15 is 0 Å². The molecule has 0 bridgehead atoms. The van der Waals surface area contributed by atoms with Crippen LogP contribution < -0.4 is 10.5 Å².